The predicted molar refractivity (Wildman–Crippen MR) is 61.0 cm³/mol. The van der Waals surface area contributed by atoms with Crippen LogP contribution >= 0.6 is 0 Å². The molecule has 0 aliphatic heterocycles. The molecule has 0 aromatic carbocycles. The molecule has 0 aliphatic rings. The van der Waals surface area contributed by atoms with Gasteiger partial charge in [0.25, 0.3) is 0 Å². The van der Waals surface area contributed by atoms with Crippen LogP contribution < -0.4 is 10.6 Å². The zero-order chi connectivity index (χ0) is 12.7. The van der Waals surface area contributed by atoms with E-state index in [2.05, 4.69) is 10.6 Å². The molecule has 2 atom stereocenters. The minimum atomic E-state index is -0.496. The predicted octanol–water partition coefficient (Wildman–Crippen LogP) is -0.467. The van der Waals surface area contributed by atoms with E-state index in [4.69, 9.17) is 5.11 Å². The van der Waals surface area contributed by atoms with Gasteiger partial charge >= 0.3 is 6.03 Å². The van der Waals surface area contributed by atoms with E-state index >= 15 is 0 Å². The lowest BCUT2D eigenvalue weighted by Crippen LogP contribution is -2.51. The van der Waals surface area contributed by atoms with Crippen molar-refractivity contribution in [2.75, 3.05) is 20.2 Å². The van der Waals surface area contributed by atoms with Crippen molar-refractivity contribution in [1.29, 1.82) is 0 Å². The van der Waals surface area contributed by atoms with Crippen LogP contribution in [0.5, 0.6) is 0 Å². The summed E-state index contributed by atoms with van der Waals surface area (Å²) in [4.78, 5) is 24.4. The van der Waals surface area contributed by atoms with Gasteiger partial charge in [0.05, 0.1) is 12.6 Å². The summed E-state index contributed by atoms with van der Waals surface area (Å²) in [7, 11) is 1.73. The Morgan fingerprint density at radius 3 is 2.38 bits per heavy atom. The molecule has 0 saturated carbocycles. The maximum Gasteiger partial charge on any atom is 0.321 e. The first kappa shape index (κ1) is 14.9. The summed E-state index contributed by atoms with van der Waals surface area (Å²) in [6.45, 7) is 5.69. The fourth-order valence-corrected chi connectivity index (χ4v) is 1.12. The molecule has 0 rings (SSSR count). The summed E-state index contributed by atoms with van der Waals surface area (Å²) in [5.74, 6) is -0.381. The lowest BCUT2D eigenvalue weighted by atomic mass is 10.2. The number of amides is 3. The fraction of sp³-hybridized carbons (Fsp3) is 0.800. The third kappa shape index (κ3) is 4.59. The maximum atomic E-state index is 11.6. The number of hydrogen-bond acceptors (Lipinski definition) is 4. The Morgan fingerprint density at radius 1 is 1.38 bits per heavy atom. The molecule has 3 amide bonds. The Morgan fingerprint density at radius 2 is 1.94 bits per heavy atom. The average Bonchev–Trinajstić information content (AvgIpc) is 2.26. The fourth-order valence-electron chi connectivity index (χ4n) is 1.12. The molecule has 6 nitrogen and oxygen atoms in total. The second kappa shape index (κ2) is 7.19. The van der Waals surface area contributed by atoms with E-state index in [1.54, 1.807) is 32.7 Å². The van der Waals surface area contributed by atoms with Crippen LogP contribution in [-0.4, -0.2) is 54.2 Å². The van der Waals surface area contributed by atoms with Gasteiger partial charge in [-0.05, 0) is 27.8 Å². The van der Waals surface area contributed by atoms with Crippen LogP contribution in [0.3, 0.4) is 0 Å². The smallest absolute Gasteiger partial charge is 0.321 e. The molecule has 2 unspecified atom stereocenters. The molecule has 0 aliphatic carbocycles. The zero-order valence-corrected chi connectivity index (χ0v) is 10.3. The number of rotatable bonds is 5. The van der Waals surface area contributed by atoms with Gasteiger partial charge in [0.15, 0.2) is 0 Å². The molecule has 94 valence electrons. The van der Waals surface area contributed by atoms with E-state index in [-0.39, 0.29) is 18.6 Å². The third-order valence-electron chi connectivity index (χ3n) is 2.52. The van der Waals surface area contributed by atoms with Gasteiger partial charge in [-0.1, -0.05) is 0 Å². The van der Waals surface area contributed by atoms with E-state index < -0.39 is 12.1 Å². The number of carbonyl (C=O) groups excluding carboxylic acids is 2. The SMILES string of the molecule is CCNC(=O)NC(=O)C(C)N(C)C(C)CO. The van der Waals surface area contributed by atoms with Gasteiger partial charge in [-0.2, -0.15) is 0 Å². The van der Waals surface area contributed by atoms with Crippen molar-refractivity contribution in [2.45, 2.75) is 32.9 Å². The Bertz CT molecular complexity index is 245. The summed E-state index contributed by atoms with van der Waals surface area (Å²) in [5.41, 5.74) is 0. The van der Waals surface area contributed by atoms with Gasteiger partial charge in [-0.25, -0.2) is 4.79 Å². The first-order valence-electron chi connectivity index (χ1n) is 5.35. The van der Waals surface area contributed by atoms with E-state index in [9.17, 15) is 9.59 Å². The number of hydrogen-bond donors (Lipinski definition) is 3. The second-order valence-corrected chi connectivity index (χ2v) is 3.72. The van der Waals surface area contributed by atoms with E-state index in [0.717, 1.165) is 0 Å². The Kier molecular flexibility index (Phi) is 6.67. The molecule has 0 fully saturated rings. The molecule has 0 saturated heterocycles. The number of imide groups is 1. The van der Waals surface area contributed by atoms with Gasteiger partial charge < -0.3 is 10.4 Å². The topological polar surface area (TPSA) is 81.7 Å². The van der Waals surface area contributed by atoms with E-state index in [1.807, 2.05) is 0 Å². The van der Waals surface area contributed by atoms with E-state index in [1.165, 1.54) is 0 Å². The molecule has 0 aromatic rings. The third-order valence-corrected chi connectivity index (χ3v) is 2.52. The highest BCUT2D eigenvalue weighted by atomic mass is 16.3. The highest BCUT2D eigenvalue weighted by molar-refractivity contribution is 5.96. The molecule has 0 aromatic heterocycles. The van der Waals surface area contributed by atoms with Crippen LogP contribution in [0.25, 0.3) is 0 Å². The number of carbonyl (C=O) groups is 2. The van der Waals surface area contributed by atoms with Gasteiger partial charge in [0.1, 0.15) is 0 Å². The summed E-state index contributed by atoms with van der Waals surface area (Å²) in [6.07, 6.45) is 0. The van der Waals surface area contributed by atoms with Crippen molar-refractivity contribution < 1.29 is 14.7 Å². The quantitative estimate of drug-likeness (QED) is 0.597. The van der Waals surface area contributed by atoms with Crippen molar-refractivity contribution in [3.05, 3.63) is 0 Å². The second-order valence-electron chi connectivity index (χ2n) is 3.72. The van der Waals surface area contributed by atoms with Crippen LogP contribution in [0.4, 0.5) is 4.79 Å². The first-order valence-corrected chi connectivity index (χ1v) is 5.35. The van der Waals surface area contributed by atoms with Crippen molar-refractivity contribution in [1.82, 2.24) is 15.5 Å². The molecule has 16 heavy (non-hydrogen) atoms. The van der Waals surface area contributed by atoms with Crippen LogP contribution in [0.1, 0.15) is 20.8 Å². The minimum absolute atomic E-state index is 0.0325. The van der Waals surface area contributed by atoms with Crippen molar-refractivity contribution in [3.63, 3.8) is 0 Å². The van der Waals surface area contributed by atoms with Gasteiger partial charge in [-0.15, -0.1) is 0 Å². The number of likely N-dealkylation sites (N-methyl/N-ethyl adjacent to an activating group) is 1. The average molecular weight is 231 g/mol. The lowest BCUT2D eigenvalue weighted by Gasteiger charge is -2.28. The number of nitrogens with one attached hydrogen (secondary N) is 2. The Balaban J connectivity index is 4.22. The summed E-state index contributed by atoms with van der Waals surface area (Å²) >= 11 is 0. The largest absolute Gasteiger partial charge is 0.395 e. The standard InChI is InChI=1S/C10H21N3O3/c1-5-11-10(16)12-9(15)8(3)13(4)7(2)6-14/h7-8,14H,5-6H2,1-4H3,(H2,11,12,15,16). The molecule has 0 radical (unpaired) electrons. The van der Waals surface area contributed by atoms with Crippen LogP contribution in [-0.2, 0) is 4.79 Å². The maximum absolute atomic E-state index is 11.6. The molecule has 0 spiro atoms. The summed E-state index contributed by atoms with van der Waals surface area (Å²) in [6, 6.07) is -1.09. The number of urea groups is 1. The van der Waals surface area contributed by atoms with Crippen LogP contribution in [0.15, 0.2) is 0 Å². The normalized spacial score (nSPS) is 14.4. The van der Waals surface area contributed by atoms with Gasteiger partial charge in [0, 0.05) is 12.6 Å². The van der Waals surface area contributed by atoms with Crippen LogP contribution in [0.2, 0.25) is 0 Å². The molecule has 3 N–H and O–H groups in total. The molecular weight excluding hydrogens is 210 g/mol. The number of aliphatic hydroxyl groups is 1. The van der Waals surface area contributed by atoms with Gasteiger partial charge in [0.2, 0.25) is 5.91 Å². The first-order chi connectivity index (χ1) is 7.43. The Labute approximate surface area is 96.0 Å². The van der Waals surface area contributed by atoms with Crippen molar-refractivity contribution in [3.8, 4) is 0 Å². The van der Waals surface area contributed by atoms with E-state index in [0.29, 0.717) is 6.54 Å². The number of aliphatic hydroxyl groups excluding tert-OH is 1. The molecule has 0 heterocycles. The molecule has 6 heteroatoms. The molecule has 0 bridgehead atoms. The Hall–Kier alpha value is -1.14. The summed E-state index contributed by atoms with van der Waals surface area (Å²) in [5, 5.41) is 13.7. The number of nitrogens with zero attached hydrogens (tertiary/aromatic N) is 1. The molecular formula is C10H21N3O3. The highest BCUT2D eigenvalue weighted by Crippen LogP contribution is 2.01. The summed E-state index contributed by atoms with van der Waals surface area (Å²) < 4.78 is 0. The lowest BCUT2D eigenvalue weighted by molar-refractivity contribution is -0.125. The zero-order valence-electron chi connectivity index (χ0n) is 10.3. The van der Waals surface area contributed by atoms with Crippen molar-refractivity contribution in [2.24, 2.45) is 0 Å². The van der Waals surface area contributed by atoms with Gasteiger partial charge in [-0.3, -0.25) is 15.0 Å². The van der Waals surface area contributed by atoms with Crippen LogP contribution in [0, 0.1) is 0 Å². The van der Waals surface area contributed by atoms with Crippen molar-refractivity contribution >= 4 is 11.9 Å². The monoisotopic (exact) mass is 231 g/mol. The minimum Gasteiger partial charge on any atom is -0.395 e. The highest BCUT2D eigenvalue weighted by Gasteiger charge is 2.22.